The highest BCUT2D eigenvalue weighted by Gasteiger charge is 2.12. The van der Waals surface area contributed by atoms with Crippen LogP contribution in [0.5, 0.6) is 5.75 Å². The zero-order valence-corrected chi connectivity index (χ0v) is 10.7. The molecule has 90 valence electrons. The fourth-order valence-corrected chi connectivity index (χ4v) is 1.57. The summed E-state index contributed by atoms with van der Waals surface area (Å²) in [5.74, 6) is 1.46. The maximum absolute atomic E-state index is 5.92. The first kappa shape index (κ1) is 13.0. The maximum atomic E-state index is 5.92. The lowest BCUT2D eigenvalue weighted by molar-refractivity contribution is 0.187. The molecular formula is C14H23NO. The predicted octanol–water partition coefficient (Wildman–Crippen LogP) is 3.31. The minimum Gasteiger partial charge on any atom is -0.489 e. The van der Waals surface area contributed by atoms with Crippen molar-refractivity contribution >= 4 is 0 Å². The number of benzene rings is 1. The van der Waals surface area contributed by atoms with Crippen LogP contribution in [0.2, 0.25) is 0 Å². The van der Waals surface area contributed by atoms with Gasteiger partial charge in [0.2, 0.25) is 0 Å². The van der Waals surface area contributed by atoms with Crippen molar-refractivity contribution in [1.82, 2.24) is 0 Å². The second-order valence-corrected chi connectivity index (χ2v) is 4.62. The van der Waals surface area contributed by atoms with Gasteiger partial charge in [-0.3, -0.25) is 0 Å². The molecule has 0 bridgehead atoms. The van der Waals surface area contributed by atoms with Crippen LogP contribution in [0.4, 0.5) is 0 Å². The van der Waals surface area contributed by atoms with E-state index in [1.165, 1.54) is 5.56 Å². The molecule has 1 aromatic rings. The zero-order chi connectivity index (χ0) is 12.1. The van der Waals surface area contributed by atoms with E-state index in [1.54, 1.807) is 0 Å². The van der Waals surface area contributed by atoms with Gasteiger partial charge in [-0.15, -0.1) is 0 Å². The Morgan fingerprint density at radius 2 is 1.69 bits per heavy atom. The lowest BCUT2D eigenvalue weighted by atomic mass is 10.0. The molecule has 1 aromatic carbocycles. The van der Waals surface area contributed by atoms with Crippen LogP contribution < -0.4 is 10.5 Å². The standard InChI is InChI=1S/C14H23NO/c1-5-14(15)11(4)16-13-8-6-12(7-9-13)10(2)3/h6-11,14H,5,15H2,1-4H3. The number of nitrogens with two attached hydrogens (primary N) is 1. The molecule has 1 rings (SSSR count). The normalized spacial score (nSPS) is 14.9. The van der Waals surface area contributed by atoms with E-state index in [9.17, 15) is 0 Å². The molecular weight excluding hydrogens is 198 g/mol. The molecule has 16 heavy (non-hydrogen) atoms. The highest BCUT2D eigenvalue weighted by atomic mass is 16.5. The van der Waals surface area contributed by atoms with Crippen molar-refractivity contribution in [3.8, 4) is 5.75 Å². The smallest absolute Gasteiger partial charge is 0.119 e. The lowest BCUT2D eigenvalue weighted by Crippen LogP contribution is -2.35. The van der Waals surface area contributed by atoms with Crippen molar-refractivity contribution in [2.75, 3.05) is 0 Å². The second-order valence-electron chi connectivity index (χ2n) is 4.62. The largest absolute Gasteiger partial charge is 0.489 e. The Hall–Kier alpha value is -1.02. The van der Waals surface area contributed by atoms with E-state index < -0.39 is 0 Å². The van der Waals surface area contributed by atoms with Crippen molar-refractivity contribution in [2.45, 2.75) is 52.2 Å². The Bertz CT molecular complexity index is 305. The van der Waals surface area contributed by atoms with Gasteiger partial charge in [0.1, 0.15) is 11.9 Å². The first-order valence-corrected chi connectivity index (χ1v) is 6.06. The molecule has 0 amide bonds. The second kappa shape index (κ2) is 5.90. The number of hydrogen-bond acceptors (Lipinski definition) is 2. The molecule has 0 radical (unpaired) electrons. The van der Waals surface area contributed by atoms with Crippen LogP contribution in [0, 0.1) is 0 Å². The summed E-state index contributed by atoms with van der Waals surface area (Å²) in [4.78, 5) is 0. The molecule has 2 N–H and O–H groups in total. The molecule has 0 saturated carbocycles. The zero-order valence-electron chi connectivity index (χ0n) is 10.7. The van der Waals surface area contributed by atoms with E-state index >= 15 is 0 Å². The van der Waals surface area contributed by atoms with Crippen molar-refractivity contribution in [1.29, 1.82) is 0 Å². The third kappa shape index (κ3) is 3.53. The van der Waals surface area contributed by atoms with Gasteiger partial charge in [-0.25, -0.2) is 0 Å². The summed E-state index contributed by atoms with van der Waals surface area (Å²) in [6.07, 6.45) is 1.00. The van der Waals surface area contributed by atoms with Gasteiger partial charge in [0.05, 0.1) is 0 Å². The topological polar surface area (TPSA) is 35.2 Å². The molecule has 0 aliphatic rings. The fourth-order valence-electron chi connectivity index (χ4n) is 1.57. The van der Waals surface area contributed by atoms with E-state index in [0.29, 0.717) is 5.92 Å². The Labute approximate surface area is 98.8 Å². The minimum absolute atomic E-state index is 0.0647. The van der Waals surface area contributed by atoms with Crippen LogP contribution in [0.3, 0.4) is 0 Å². The number of rotatable bonds is 5. The fraction of sp³-hybridized carbons (Fsp3) is 0.571. The average Bonchev–Trinajstić information content (AvgIpc) is 2.28. The SMILES string of the molecule is CCC(N)C(C)Oc1ccc(C(C)C)cc1. The molecule has 0 saturated heterocycles. The van der Waals surface area contributed by atoms with E-state index in [0.717, 1.165) is 12.2 Å². The molecule has 0 heterocycles. The minimum atomic E-state index is 0.0647. The third-order valence-corrected chi connectivity index (χ3v) is 2.94. The van der Waals surface area contributed by atoms with Gasteiger partial charge >= 0.3 is 0 Å². The van der Waals surface area contributed by atoms with Gasteiger partial charge in [-0.05, 0) is 37.0 Å². The molecule has 0 fully saturated rings. The van der Waals surface area contributed by atoms with Crippen LogP contribution in [-0.4, -0.2) is 12.1 Å². The molecule has 2 nitrogen and oxygen atoms in total. The van der Waals surface area contributed by atoms with E-state index in [4.69, 9.17) is 10.5 Å². The highest BCUT2D eigenvalue weighted by Crippen LogP contribution is 2.19. The first-order valence-electron chi connectivity index (χ1n) is 6.06. The van der Waals surface area contributed by atoms with Gasteiger partial charge in [0.25, 0.3) is 0 Å². The van der Waals surface area contributed by atoms with E-state index in [2.05, 4.69) is 32.9 Å². The quantitative estimate of drug-likeness (QED) is 0.828. The maximum Gasteiger partial charge on any atom is 0.119 e. The van der Waals surface area contributed by atoms with E-state index in [-0.39, 0.29) is 12.1 Å². The molecule has 0 aliphatic carbocycles. The Morgan fingerprint density at radius 3 is 2.12 bits per heavy atom. The molecule has 2 atom stereocenters. The van der Waals surface area contributed by atoms with Crippen molar-refractivity contribution < 1.29 is 4.74 Å². The summed E-state index contributed by atoms with van der Waals surface area (Å²) < 4.78 is 5.78. The van der Waals surface area contributed by atoms with Crippen LogP contribution in [0.25, 0.3) is 0 Å². The summed E-state index contributed by atoms with van der Waals surface area (Å²) >= 11 is 0. The average molecular weight is 221 g/mol. The summed E-state index contributed by atoms with van der Waals surface area (Å²) in [6, 6.07) is 8.38. The molecule has 0 spiro atoms. The van der Waals surface area contributed by atoms with Crippen molar-refractivity contribution in [3.63, 3.8) is 0 Å². The summed E-state index contributed by atoms with van der Waals surface area (Å²) in [5.41, 5.74) is 7.25. The van der Waals surface area contributed by atoms with Gasteiger partial charge in [-0.2, -0.15) is 0 Å². The van der Waals surface area contributed by atoms with Crippen molar-refractivity contribution in [2.24, 2.45) is 5.73 Å². The van der Waals surface area contributed by atoms with Crippen LogP contribution in [0.15, 0.2) is 24.3 Å². The predicted molar refractivity (Wildman–Crippen MR) is 68.9 cm³/mol. The third-order valence-electron chi connectivity index (χ3n) is 2.94. The van der Waals surface area contributed by atoms with Gasteiger partial charge in [-0.1, -0.05) is 32.9 Å². The van der Waals surface area contributed by atoms with Gasteiger partial charge < -0.3 is 10.5 Å². The summed E-state index contributed by atoms with van der Waals surface area (Å²) in [7, 11) is 0. The van der Waals surface area contributed by atoms with E-state index in [1.807, 2.05) is 19.1 Å². The molecule has 0 aliphatic heterocycles. The first-order chi connectivity index (χ1) is 7.54. The molecule has 2 heteroatoms. The Kier molecular flexibility index (Phi) is 4.81. The summed E-state index contributed by atoms with van der Waals surface area (Å²) in [6.45, 7) is 8.47. The van der Waals surface area contributed by atoms with Crippen LogP contribution in [-0.2, 0) is 0 Å². The number of ether oxygens (including phenoxy) is 1. The highest BCUT2D eigenvalue weighted by molar-refractivity contribution is 5.29. The molecule has 0 aromatic heterocycles. The monoisotopic (exact) mass is 221 g/mol. The van der Waals surface area contributed by atoms with Crippen LogP contribution in [0.1, 0.15) is 45.6 Å². The van der Waals surface area contributed by atoms with Gasteiger partial charge in [0.15, 0.2) is 0 Å². The Morgan fingerprint density at radius 1 is 1.12 bits per heavy atom. The van der Waals surface area contributed by atoms with Crippen molar-refractivity contribution in [3.05, 3.63) is 29.8 Å². The van der Waals surface area contributed by atoms with Gasteiger partial charge in [0, 0.05) is 6.04 Å². The van der Waals surface area contributed by atoms with Crippen LogP contribution >= 0.6 is 0 Å². The Balaban J connectivity index is 2.61. The number of hydrogen-bond donors (Lipinski definition) is 1. The molecule has 2 unspecified atom stereocenters. The lowest BCUT2D eigenvalue weighted by Gasteiger charge is -2.20. The summed E-state index contributed by atoms with van der Waals surface area (Å²) in [5, 5.41) is 0.